The molecule has 7 heteroatoms. The van der Waals surface area contributed by atoms with Gasteiger partial charge in [-0.25, -0.2) is 9.18 Å². The Kier molecular flexibility index (Phi) is 4.15. The van der Waals surface area contributed by atoms with E-state index in [1.807, 2.05) is 0 Å². The van der Waals surface area contributed by atoms with Crippen molar-refractivity contribution in [1.82, 2.24) is 0 Å². The van der Waals surface area contributed by atoms with Crippen LogP contribution in [0.4, 0.5) is 21.5 Å². The quantitative estimate of drug-likeness (QED) is 0.716. The summed E-state index contributed by atoms with van der Waals surface area (Å²) >= 11 is 9.15. The fourth-order valence-corrected chi connectivity index (χ4v) is 2.54. The first kappa shape index (κ1) is 14.6. The largest absolute Gasteiger partial charge is 0.478 e. The first-order valence-corrected chi connectivity index (χ1v) is 6.60. The smallest absolute Gasteiger partial charge is 0.337 e. The molecule has 2 aromatic carbocycles. The predicted molar refractivity (Wildman–Crippen MR) is 80.2 cm³/mol. The number of hydrogen-bond acceptors (Lipinski definition) is 3. The van der Waals surface area contributed by atoms with Crippen molar-refractivity contribution in [2.75, 3.05) is 11.1 Å². The van der Waals surface area contributed by atoms with Crippen LogP contribution in [0.25, 0.3) is 0 Å². The highest BCUT2D eigenvalue weighted by Gasteiger charge is 2.11. The Morgan fingerprint density at radius 2 is 2.05 bits per heavy atom. The van der Waals surface area contributed by atoms with Crippen LogP contribution in [-0.2, 0) is 0 Å². The lowest BCUT2D eigenvalue weighted by atomic mass is 10.1. The van der Waals surface area contributed by atoms with Crippen molar-refractivity contribution in [3.63, 3.8) is 0 Å². The fraction of sp³-hybridized carbons (Fsp3) is 0. The standard InChI is InChI=1S/C13H9BrClFN2O2/c14-9-3-6(16)4-10(15)12(9)18-7-1-2-8(13(19)20)11(17)5-7/h1-5,18H,17H2,(H,19,20). The number of carboxylic acid groups (broad SMARTS) is 1. The molecule has 0 saturated heterocycles. The molecule has 0 atom stereocenters. The third kappa shape index (κ3) is 3.02. The van der Waals surface area contributed by atoms with E-state index in [2.05, 4.69) is 21.2 Å². The van der Waals surface area contributed by atoms with Crippen molar-refractivity contribution in [3.05, 3.63) is 51.2 Å². The van der Waals surface area contributed by atoms with Gasteiger partial charge in [0.05, 0.1) is 16.3 Å². The average Bonchev–Trinajstić information content (AvgIpc) is 2.33. The summed E-state index contributed by atoms with van der Waals surface area (Å²) in [6, 6.07) is 6.83. The number of hydrogen-bond donors (Lipinski definition) is 3. The van der Waals surface area contributed by atoms with Crippen LogP contribution in [0.15, 0.2) is 34.8 Å². The summed E-state index contributed by atoms with van der Waals surface area (Å²) in [5.41, 5.74) is 6.80. The van der Waals surface area contributed by atoms with E-state index in [-0.39, 0.29) is 16.3 Å². The van der Waals surface area contributed by atoms with E-state index in [0.717, 1.165) is 0 Å². The average molecular weight is 360 g/mol. The monoisotopic (exact) mass is 358 g/mol. The summed E-state index contributed by atoms with van der Waals surface area (Å²) in [6.07, 6.45) is 0. The molecule has 0 aromatic heterocycles. The Bertz CT molecular complexity index is 671. The molecule has 2 rings (SSSR count). The molecule has 0 aliphatic carbocycles. The number of carbonyl (C=O) groups is 1. The Labute approximate surface area is 127 Å². The number of anilines is 3. The maximum atomic E-state index is 13.1. The summed E-state index contributed by atoms with van der Waals surface area (Å²) < 4.78 is 13.6. The van der Waals surface area contributed by atoms with Crippen LogP contribution in [-0.4, -0.2) is 11.1 Å². The number of nitrogens with two attached hydrogens (primary N) is 1. The van der Waals surface area contributed by atoms with Crippen molar-refractivity contribution >= 4 is 50.6 Å². The minimum atomic E-state index is -1.10. The minimum Gasteiger partial charge on any atom is -0.478 e. The van der Waals surface area contributed by atoms with Crippen LogP contribution in [0.1, 0.15) is 10.4 Å². The molecule has 0 unspecified atom stereocenters. The molecule has 0 amide bonds. The van der Waals surface area contributed by atoms with E-state index in [0.29, 0.717) is 15.8 Å². The third-order valence-electron chi connectivity index (χ3n) is 2.56. The normalized spacial score (nSPS) is 10.3. The van der Waals surface area contributed by atoms with Gasteiger partial charge in [0.15, 0.2) is 0 Å². The maximum absolute atomic E-state index is 13.1. The zero-order valence-electron chi connectivity index (χ0n) is 9.95. The van der Waals surface area contributed by atoms with E-state index in [1.165, 1.54) is 24.3 Å². The predicted octanol–water partition coefficient (Wildman–Crippen LogP) is 4.27. The molecular formula is C13H9BrClFN2O2. The molecule has 4 N–H and O–H groups in total. The molecule has 2 aromatic rings. The van der Waals surface area contributed by atoms with Gasteiger partial charge >= 0.3 is 5.97 Å². The van der Waals surface area contributed by atoms with Crippen LogP contribution in [0.2, 0.25) is 5.02 Å². The van der Waals surface area contributed by atoms with Gasteiger partial charge in [0.25, 0.3) is 0 Å². The summed E-state index contributed by atoms with van der Waals surface area (Å²) in [5.74, 6) is -1.57. The SMILES string of the molecule is Nc1cc(Nc2c(Cl)cc(F)cc2Br)ccc1C(=O)O. The molecule has 4 nitrogen and oxygen atoms in total. The first-order valence-electron chi connectivity index (χ1n) is 5.43. The van der Waals surface area contributed by atoms with Gasteiger partial charge in [0, 0.05) is 15.8 Å². The molecule has 0 fully saturated rings. The molecule has 0 spiro atoms. The molecule has 0 heterocycles. The first-order chi connectivity index (χ1) is 9.38. The van der Waals surface area contributed by atoms with E-state index < -0.39 is 11.8 Å². The number of carboxylic acids is 1. The lowest BCUT2D eigenvalue weighted by Gasteiger charge is -2.12. The minimum absolute atomic E-state index is 0.0137. The van der Waals surface area contributed by atoms with Gasteiger partial charge in [-0.1, -0.05) is 11.6 Å². The Morgan fingerprint density at radius 1 is 1.35 bits per heavy atom. The number of nitrogens with one attached hydrogen (secondary N) is 1. The second kappa shape index (κ2) is 5.68. The Hall–Kier alpha value is -1.79. The number of halogens is 3. The van der Waals surface area contributed by atoms with Crippen LogP contribution in [0, 0.1) is 5.82 Å². The van der Waals surface area contributed by atoms with Crippen LogP contribution in [0.5, 0.6) is 0 Å². The fourth-order valence-electron chi connectivity index (χ4n) is 1.64. The molecule has 0 saturated carbocycles. The van der Waals surface area contributed by atoms with Crippen molar-refractivity contribution in [3.8, 4) is 0 Å². The molecule has 104 valence electrons. The molecule has 0 bridgehead atoms. The maximum Gasteiger partial charge on any atom is 0.337 e. The summed E-state index contributed by atoms with van der Waals surface area (Å²) in [7, 11) is 0. The lowest BCUT2D eigenvalue weighted by Crippen LogP contribution is -2.03. The van der Waals surface area contributed by atoms with E-state index in [1.54, 1.807) is 6.07 Å². The van der Waals surface area contributed by atoms with Crippen molar-refractivity contribution < 1.29 is 14.3 Å². The van der Waals surface area contributed by atoms with Gasteiger partial charge in [-0.3, -0.25) is 0 Å². The highest BCUT2D eigenvalue weighted by molar-refractivity contribution is 9.10. The topological polar surface area (TPSA) is 75.3 Å². The van der Waals surface area contributed by atoms with Gasteiger partial charge < -0.3 is 16.2 Å². The van der Waals surface area contributed by atoms with Crippen molar-refractivity contribution in [2.45, 2.75) is 0 Å². The molecular weight excluding hydrogens is 351 g/mol. The van der Waals surface area contributed by atoms with Gasteiger partial charge in [0.2, 0.25) is 0 Å². The zero-order chi connectivity index (χ0) is 14.9. The molecule has 0 aliphatic heterocycles. The van der Waals surface area contributed by atoms with Gasteiger partial charge in [0.1, 0.15) is 5.82 Å². The number of aromatic carboxylic acids is 1. The van der Waals surface area contributed by atoms with Crippen LogP contribution < -0.4 is 11.1 Å². The van der Waals surface area contributed by atoms with E-state index >= 15 is 0 Å². The number of rotatable bonds is 3. The van der Waals surface area contributed by atoms with Gasteiger partial charge in [-0.05, 0) is 46.3 Å². The summed E-state index contributed by atoms with van der Waals surface area (Å²) in [4.78, 5) is 10.9. The van der Waals surface area contributed by atoms with Crippen LogP contribution >= 0.6 is 27.5 Å². The molecule has 0 aliphatic rings. The highest BCUT2D eigenvalue weighted by Crippen LogP contribution is 2.34. The van der Waals surface area contributed by atoms with Crippen molar-refractivity contribution in [1.29, 1.82) is 0 Å². The van der Waals surface area contributed by atoms with Crippen molar-refractivity contribution in [2.24, 2.45) is 0 Å². The summed E-state index contributed by atoms with van der Waals surface area (Å²) in [5, 5.41) is 12.0. The number of nitrogen functional groups attached to an aromatic ring is 1. The Balaban J connectivity index is 2.36. The van der Waals surface area contributed by atoms with Crippen LogP contribution in [0.3, 0.4) is 0 Å². The number of benzene rings is 2. The highest BCUT2D eigenvalue weighted by atomic mass is 79.9. The van der Waals surface area contributed by atoms with E-state index in [9.17, 15) is 9.18 Å². The lowest BCUT2D eigenvalue weighted by molar-refractivity contribution is 0.0698. The second-order valence-electron chi connectivity index (χ2n) is 3.98. The summed E-state index contributed by atoms with van der Waals surface area (Å²) in [6.45, 7) is 0. The van der Waals surface area contributed by atoms with E-state index in [4.69, 9.17) is 22.4 Å². The molecule has 20 heavy (non-hydrogen) atoms. The molecule has 0 radical (unpaired) electrons. The zero-order valence-corrected chi connectivity index (χ0v) is 12.3. The second-order valence-corrected chi connectivity index (χ2v) is 5.24. The Morgan fingerprint density at radius 3 is 2.60 bits per heavy atom. The van der Waals surface area contributed by atoms with Gasteiger partial charge in [-0.15, -0.1) is 0 Å². The van der Waals surface area contributed by atoms with Gasteiger partial charge in [-0.2, -0.15) is 0 Å². The third-order valence-corrected chi connectivity index (χ3v) is 3.48.